The largest absolute Gasteiger partial charge is 0.351 e. The summed E-state index contributed by atoms with van der Waals surface area (Å²) in [6, 6.07) is 5.56. The summed E-state index contributed by atoms with van der Waals surface area (Å²) in [7, 11) is 1.81. The fraction of sp³-hybridized carbons (Fsp3) is 0.235. The first-order valence-electron chi connectivity index (χ1n) is 7.53. The minimum absolute atomic E-state index is 0.0482. The van der Waals surface area contributed by atoms with Crippen molar-refractivity contribution in [3.8, 4) is 0 Å². The second-order valence-corrected chi connectivity index (χ2v) is 5.92. The molecule has 0 radical (unpaired) electrons. The number of fused-ring (bicyclic) bond motifs is 1. The van der Waals surface area contributed by atoms with E-state index in [2.05, 4.69) is 0 Å². The summed E-state index contributed by atoms with van der Waals surface area (Å²) in [4.78, 5) is 48.6. The monoisotopic (exact) mass is 341 g/mol. The van der Waals surface area contributed by atoms with Gasteiger partial charge in [0.15, 0.2) is 5.78 Å². The molecule has 0 N–H and O–H groups in total. The molecule has 0 aliphatic carbocycles. The molecule has 1 aromatic carbocycles. The summed E-state index contributed by atoms with van der Waals surface area (Å²) in [5, 5.41) is 11.1. The average molecular weight is 341 g/mol. The standard InChI is InChI=1S/C17H15N3O5/c1-9-7-12(10(2)18(9)3)14(21)8-19-16(22)11-5-4-6-13(20(24)25)15(11)17(19)23/h4-7H,8H2,1-3H3. The number of nitro benzene ring substituents is 1. The fourth-order valence-corrected chi connectivity index (χ4v) is 2.98. The third-order valence-corrected chi connectivity index (χ3v) is 4.55. The van der Waals surface area contributed by atoms with Crippen LogP contribution in [-0.4, -0.2) is 38.5 Å². The first kappa shape index (κ1) is 16.6. The maximum atomic E-state index is 12.6. The summed E-state index contributed by atoms with van der Waals surface area (Å²) in [5.41, 5.74) is 1.28. The number of amides is 2. The van der Waals surface area contributed by atoms with E-state index in [0.717, 1.165) is 16.3 Å². The van der Waals surface area contributed by atoms with Crippen LogP contribution in [0.25, 0.3) is 0 Å². The number of nitro groups is 1. The fourth-order valence-electron chi connectivity index (χ4n) is 2.98. The molecule has 0 unspecified atom stereocenters. The molecule has 0 fully saturated rings. The highest BCUT2D eigenvalue weighted by Gasteiger charge is 2.41. The zero-order valence-electron chi connectivity index (χ0n) is 13.9. The molecule has 8 heteroatoms. The van der Waals surface area contributed by atoms with Gasteiger partial charge in [0.2, 0.25) is 0 Å². The molecule has 2 heterocycles. The van der Waals surface area contributed by atoms with E-state index in [1.165, 1.54) is 18.2 Å². The van der Waals surface area contributed by atoms with Gasteiger partial charge in [-0.1, -0.05) is 6.07 Å². The van der Waals surface area contributed by atoms with E-state index in [-0.39, 0.29) is 11.1 Å². The second-order valence-electron chi connectivity index (χ2n) is 5.92. The minimum Gasteiger partial charge on any atom is -0.351 e. The van der Waals surface area contributed by atoms with Crippen LogP contribution in [0.5, 0.6) is 0 Å². The van der Waals surface area contributed by atoms with E-state index < -0.39 is 34.8 Å². The lowest BCUT2D eigenvalue weighted by Gasteiger charge is -2.12. The Morgan fingerprint density at radius 1 is 1.20 bits per heavy atom. The van der Waals surface area contributed by atoms with Gasteiger partial charge in [0.25, 0.3) is 17.5 Å². The molecular formula is C17H15N3O5. The molecule has 1 aliphatic heterocycles. The number of hydrogen-bond donors (Lipinski definition) is 0. The Morgan fingerprint density at radius 3 is 2.44 bits per heavy atom. The summed E-state index contributed by atoms with van der Waals surface area (Å²) < 4.78 is 1.83. The summed E-state index contributed by atoms with van der Waals surface area (Å²) >= 11 is 0. The number of hydrogen-bond acceptors (Lipinski definition) is 5. The van der Waals surface area contributed by atoms with E-state index in [4.69, 9.17) is 0 Å². The maximum Gasteiger partial charge on any atom is 0.282 e. The molecule has 2 aromatic rings. The van der Waals surface area contributed by atoms with E-state index in [0.29, 0.717) is 5.56 Å². The minimum atomic E-state index is -0.814. The molecule has 0 saturated heterocycles. The van der Waals surface area contributed by atoms with Crippen LogP contribution in [0.15, 0.2) is 24.3 Å². The molecule has 25 heavy (non-hydrogen) atoms. The predicted molar refractivity (Wildman–Crippen MR) is 87.7 cm³/mol. The van der Waals surface area contributed by atoms with Crippen molar-refractivity contribution in [3.05, 3.63) is 62.5 Å². The Kier molecular flexibility index (Phi) is 3.75. The van der Waals surface area contributed by atoms with Gasteiger partial charge in [0, 0.05) is 30.1 Å². The van der Waals surface area contributed by atoms with Gasteiger partial charge >= 0.3 is 0 Å². The number of rotatable bonds is 4. The van der Waals surface area contributed by atoms with Crippen molar-refractivity contribution in [1.29, 1.82) is 0 Å². The Balaban J connectivity index is 1.95. The van der Waals surface area contributed by atoms with Gasteiger partial charge in [-0.3, -0.25) is 29.4 Å². The normalized spacial score (nSPS) is 13.3. The molecule has 1 aliphatic rings. The molecule has 0 saturated carbocycles. The first-order chi connectivity index (χ1) is 11.7. The zero-order chi connectivity index (χ0) is 18.5. The van der Waals surface area contributed by atoms with Crippen molar-refractivity contribution in [2.45, 2.75) is 13.8 Å². The van der Waals surface area contributed by atoms with Gasteiger partial charge < -0.3 is 4.57 Å². The second kappa shape index (κ2) is 5.66. The number of carbonyl (C=O) groups is 3. The van der Waals surface area contributed by atoms with Crippen LogP contribution in [0.3, 0.4) is 0 Å². The van der Waals surface area contributed by atoms with E-state index in [1.807, 2.05) is 18.5 Å². The van der Waals surface area contributed by atoms with Crippen molar-refractivity contribution in [2.24, 2.45) is 7.05 Å². The van der Waals surface area contributed by atoms with Gasteiger partial charge in [-0.15, -0.1) is 0 Å². The van der Waals surface area contributed by atoms with Crippen LogP contribution in [0.4, 0.5) is 5.69 Å². The number of aromatic nitrogens is 1. The third-order valence-electron chi connectivity index (χ3n) is 4.55. The van der Waals surface area contributed by atoms with E-state index >= 15 is 0 Å². The predicted octanol–water partition coefficient (Wildman–Crippen LogP) is 2.03. The number of Topliss-reactive ketones (excluding diaryl/α,β-unsaturated/α-hetero) is 1. The SMILES string of the molecule is Cc1cc(C(=O)CN2C(=O)c3cccc([N+](=O)[O-])c3C2=O)c(C)n1C. The number of carbonyl (C=O) groups excluding carboxylic acids is 3. The van der Waals surface area contributed by atoms with Gasteiger partial charge in [0.1, 0.15) is 5.56 Å². The number of imide groups is 1. The van der Waals surface area contributed by atoms with Crippen molar-refractivity contribution in [2.75, 3.05) is 6.54 Å². The van der Waals surface area contributed by atoms with Crippen LogP contribution in [-0.2, 0) is 7.05 Å². The zero-order valence-corrected chi connectivity index (χ0v) is 13.9. The maximum absolute atomic E-state index is 12.6. The lowest BCUT2D eigenvalue weighted by Crippen LogP contribution is -2.35. The molecule has 8 nitrogen and oxygen atoms in total. The van der Waals surface area contributed by atoms with Crippen LogP contribution in [0.2, 0.25) is 0 Å². The highest BCUT2D eigenvalue weighted by molar-refractivity contribution is 6.24. The van der Waals surface area contributed by atoms with Gasteiger partial charge in [-0.05, 0) is 26.0 Å². The van der Waals surface area contributed by atoms with Crippen molar-refractivity contribution < 1.29 is 19.3 Å². The molecule has 128 valence electrons. The molecule has 0 spiro atoms. The quantitative estimate of drug-likeness (QED) is 0.366. The summed E-state index contributed by atoms with van der Waals surface area (Å²) in [6.45, 7) is 3.16. The topological polar surface area (TPSA) is 103 Å². The molecular weight excluding hydrogens is 326 g/mol. The number of nitrogens with zero attached hydrogens (tertiary/aromatic N) is 3. The number of benzene rings is 1. The highest BCUT2D eigenvalue weighted by atomic mass is 16.6. The van der Waals surface area contributed by atoms with Crippen LogP contribution in [0, 0.1) is 24.0 Å². The van der Waals surface area contributed by atoms with Gasteiger partial charge in [-0.2, -0.15) is 0 Å². The lowest BCUT2D eigenvalue weighted by atomic mass is 10.1. The number of ketones is 1. The lowest BCUT2D eigenvalue weighted by molar-refractivity contribution is -0.385. The first-order valence-corrected chi connectivity index (χ1v) is 7.53. The smallest absolute Gasteiger partial charge is 0.282 e. The summed E-state index contributed by atoms with van der Waals surface area (Å²) in [5.74, 6) is -1.90. The molecule has 2 amide bonds. The van der Waals surface area contributed by atoms with E-state index in [9.17, 15) is 24.5 Å². The van der Waals surface area contributed by atoms with E-state index in [1.54, 1.807) is 13.0 Å². The van der Waals surface area contributed by atoms with Crippen LogP contribution >= 0.6 is 0 Å². The Hall–Kier alpha value is -3.29. The van der Waals surface area contributed by atoms with Crippen molar-refractivity contribution in [1.82, 2.24) is 9.47 Å². The molecule has 3 rings (SSSR count). The highest BCUT2D eigenvalue weighted by Crippen LogP contribution is 2.31. The Labute approximate surface area is 142 Å². The third kappa shape index (κ3) is 2.42. The Bertz CT molecular complexity index is 957. The van der Waals surface area contributed by atoms with Gasteiger partial charge in [-0.25, -0.2) is 0 Å². The summed E-state index contributed by atoms with van der Waals surface area (Å²) in [6.07, 6.45) is 0. The molecule has 0 atom stereocenters. The number of aryl methyl sites for hydroxylation is 1. The molecule has 1 aromatic heterocycles. The van der Waals surface area contributed by atoms with Crippen molar-refractivity contribution >= 4 is 23.3 Å². The average Bonchev–Trinajstić information content (AvgIpc) is 2.97. The van der Waals surface area contributed by atoms with Crippen molar-refractivity contribution in [3.63, 3.8) is 0 Å². The van der Waals surface area contributed by atoms with Crippen LogP contribution in [0.1, 0.15) is 42.5 Å². The van der Waals surface area contributed by atoms with Crippen LogP contribution < -0.4 is 0 Å². The Morgan fingerprint density at radius 2 is 1.88 bits per heavy atom. The van der Waals surface area contributed by atoms with Gasteiger partial charge in [0.05, 0.1) is 17.0 Å². The molecule has 0 bridgehead atoms.